The molecule has 1 N–H and O–H groups in total. The molecule has 1 aliphatic heterocycles. The number of amides is 2. The molecular weight excluding hydrogens is 272 g/mol. The maximum Gasteiger partial charge on any atom is 0.408 e. The quantitative estimate of drug-likeness (QED) is 0.859. The fourth-order valence-corrected chi connectivity index (χ4v) is 2.01. The van der Waals surface area contributed by atoms with Crippen LogP contribution < -0.4 is 15.0 Å². The van der Waals surface area contributed by atoms with E-state index in [1.54, 1.807) is 40.0 Å². The summed E-state index contributed by atoms with van der Waals surface area (Å²) in [7, 11) is 1.65. The molecule has 6 heteroatoms. The first kappa shape index (κ1) is 15.2. The van der Waals surface area contributed by atoms with Gasteiger partial charge in [0.15, 0.2) is 0 Å². The number of anilines is 1. The SMILES string of the molecule is CN1C(=O)[C@H](NC(=O)OC(C)(C)C)COc2ccccc21. The number of nitrogens with one attached hydrogen (secondary N) is 1. The Balaban J connectivity index is 2.11. The molecule has 1 aliphatic rings. The number of rotatable bonds is 1. The topological polar surface area (TPSA) is 67.9 Å². The molecule has 2 rings (SSSR count). The van der Waals surface area contributed by atoms with Gasteiger partial charge in [-0.15, -0.1) is 0 Å². The molecule has 0 radical (unpaired) electrons. The zero-order valence-corrected chi connectivity index (χ0v) is 12.7. The van der Waals surface area contributed by atoms with Gasteiger partial charge in [-0.05, 0) is 32.9 Å². The van der Waals surface area contributed by atoms with Crippen molar-refractivity contribution in [2.45, 2.75) is 32.4 Å². The molecule has 0 unspecified atom stereocenters. The van der Waals surface area contributed by atoms with Crippen molar-refractivity contribution in [3.8, 4) is 5.75 Å². The van der Waals surface area contributed by atoms with Gasteiger partial charge in [0.05, 0.1) is 5.69 Å². The van der Waals surface area contributed by atoms with Gasteiger partial charge < -0.3 is 19.7 Å². The highest BCUT2D eigenvalue weighted by atomic mass is 16.6. The molecule has 0 spiro atoms. The lowest BCUT2D eigenvalue weighted by atomic mass is 10.2. The fourth-order valence-electron chi connectivity index (χ4n) is 2.01. The predicted molar refractivity (Wildman–Crippen MR) is 78.5 cm³/mol. The summed E-state index contributed by atoms with van der Waals surface area (Å²) < 4.78 is 10.8. The Morgan fingerprint density at radius 2 is 2.05 bits per heavy atom. The number of fused-ring (bicyclic) bond motifs is 1. The van der Waals surface area contributed by atoms with Crippen LogP contribution in [-0.2, 0) is 9.53 Å². The van der Waals surface area contributed by atoms with E-state index in [4.69, 9.17) is 9.47 Å². The minimum Gasteiger partial charge on any atom is -0.489 e. The number of hydrogen-bond donors (Lipinski definition) is 1. The Morgan fingerprint density at radius 1 is 1.38 bits per heavy atom. The standard InChI is InChI=1S/C15H20N2O4/c1-15(2,3)21-14(19)16-10-9-20-12-8-6-5-7-11(12)17(4)13(10)18/h5-8,10H,9H2,1-4H3,(H,16,19)/t10-/m1/s1. The zero-order chi connectivity index (χ0) is 15.6. The van der Waals surface area contributed by atoms with Crippen LogP contribution in [0, 0.1) is 0 Å². The van der Waals surface area contributed by atoms with Crippen LogP contribution in [0.1, 0.15) is 20.8 Å². The van der Waals surface area contributed by atoms with Crippen molar-refractivity contribution in [1.29, 1.82) is 0 Å². The third-order valence-electron chi connectivity index (χ3n) is 2.95. The van der Waals surface area contributed by atoms with E-state index in [1.807, 2.05) is 12.1 Å². The van der Waals surface area contributed by atoms with Crippen molar-refractivity contribution in [3.63, 3.8) is 0 Å². The molecule has 21 heavy (non-hydrogen) atoms. The maximum absolute atomic E-state index is 12.4. The molecule has 1 aromatic carbocycles. The number of benzene rings is 1. The summed E-state index contributed by atoms with van der Waals surface area (Å²) in [6, 6.07) is 6.46. The number of hydrogen-bond acceptors (Lipinski definition) is 4. The number of para-hydroxylation sites is 2. The Kier molecular flexibility index (Phi) is 4.06. The first-order valence-corrected chi connectivity index (χ1v) is 6.77. The number of carbonyl (C=O) groups excluding carboxylic acids is 2. The van der Waals surface area contributed by atoms with E-state index in [1.165, 1.54) is 4.90 Å². The van der Waals surface area contributed by atoms with Gasteiger partial charge in [0.2, 0.25) is 0 Å². The van der Waals surface area contributed by atoms with Gasteiger partial charge in [-0.25, -0.2) is 4.79 Å². The van der Waals surface area contributed by atoms with E-state index in [9.17, 15) is 9.59 Å². The molecule has 1 atom stereocenters. The fraction of sp³-hybridized carbons (Fsp3) is 0.467. The van der Waals surface area contributed by atoms with E-state index < -0.39 is 17.7 Å². The predicted octanol–water partition coefficient (Wildman–Crippen LogP) is 1.94. The molecule has 0 saturated carbocycles. The number of likely N-dealkylation sites (N-methyl/N-ethyl adjacent to an activating group) is 1. The smallest absolute Gasteiger partial charge is 0.408 e. The highest BCUT2D eigenvalue weighted by molar-refractivity contribution is 6.00. The van der Waals surface area contributed by atoms with Crippen molar-refractivity contribution < 1.29 is 19.1 Å². The Labute approximate surface area is 124 Å². The summed E-state index contributed by atoms with van der Waals surface area (Å²) >= 11 is 0. The Hall–Kier alpha value is -2.24. The van der Waals surface area contributed by atoms with Crippen molar-refractivity contribution in [3.05, 3.63) is 24.3 Å². The molecular formula is C15H20N2O4. The second-order valence-corrected chi connectivity index (χ2v) is 5.87. The Bertz CT molecular complexity index is 551. The monoisotopic (exact) mass is 292 g/mol. The zero-order valence-electron chi connectivity index (χ0n) is 12.7. The second kappa shape index (κ2) is 5.63. The van der Waals surface area contributed by atoms with Gasteiger partial charge in [-0.3, -0.25) is 4.79 Å². The average Bonchev–Trinajstić information content (AvgIpc) is 2.50. The van der Waals surface area contributed by atoms with Crippen LogP contribution in [0.4, 0.5) is 10.5 Å². The molecule has 2 amide bonds. The van der Waals surface area contributed by atoms with Gasteiger partial charge in [-0.2, -0.15) is 0 Å². The van der Waals surface area contributed by atoms with Gasteiger partial charge in [0.1, 0.15) is 24.0 Å². The van der Waals surface area contributed by atoms with Crippen LogP contribution in [-0.4, -0.2) is 37.3 Å². The van der Waals surface area contributed by atoms with Crippen molar-refractivity contribution >= 4 is 17.7 Å². The number of alkyl carbamates (subject to hydrolysis) is 1. The first-order valence-electron chi connectivity index (χ1n) is 6.77. The summed E-state index contributed by atoms with van der Waals surface area (Å²) in [4.78, 5) is 25.7. The number of nitrogens with zero attached hydrogens (tertiary/aromatic N) is 1. The minimum atomic E-state index is -0.780. The average molecular weight is 292 g/mol. The van der Waals surface area contributed by atoms with Crippen molar-refractivity contribution in [2.75, 3.05) is 18.6 Å². The first-order chi connectivity index (χ1) is 9.78. The van der Waals surface area contributed by atoms with E-state index in [-0.39, 0.29) is 12.5 Å². The summed E-state index contributed by atoms with van der Waals surface area (Å²) in [5.74, 6) is 0.368. The van der Waals surface area contributed by atoms with Crippen molar-refractivity contribution in [2.24, 2.45) is 0 Å². The van der Waals surface area contributed by atoms with Crippen LogP contribution in [0.5, 0.6) is 5.75 Å². The minimum absolute atomic E-state index is 0.0689. The lowest BCUT2D eigenvalue weighted by Gasteiger charge is -2.23. The summed E-state index contributed by atoms with van der Waals surface area (Å²) in [6.07, 6.45) is -0.635. The highest BCUT2D eigenvalue weighted by Gasteiger charge is 2.31. The third kappa shape index (κ3) is 3.65. The van der Waals surface area contributed by atoms with E-state index in [0.717, 1.165) is 0 Å². The van der Waals surface area contributed by atoms with E-state index in [2.05, 4.69) is 5.32 Å². The van der Waals surface area contributed by atoms with Crippen LogP contribution in [0.25, 0.3) is 0 Å². The molecule has 0 aromatic heterocycles. The summed E-state index contributed by atoms with van der Waals surface area (Å²) in [5, 5.41) is 2.55. The highest BCUT2D eigenvalue weighted by Crippen LogP contribution is 2.29. The molecule has 0 bridgehead atoms. The summed E-state index contributed by atoms with van der Waals surface area (Å²) in [5.41, 5.74) is 0.0594. The molecule has 0 saturated heterocycles. The van der Waals surface area contributed by atoms with Crippen LogP contribution in [0.15, 0.2) is 24.3 Å². The van der Waals surface area contributed by atoms with Crippen LogP contribution >= 0.6 is 0 Å². The summed E-state index contributed by atoms with van der Waals surface area (Å²) in [6.45, 7) is 5.36. The van der Waals surface area contributed by atoms with Gasteiger partial charge in [0.25, 0.3) is 5.91 Å². The molecule has 1 heterocycles. The molecule has 6 nitrogen and oxygen atoms in total. The second-order valence-electron chi connectivity index (χ2n) is 5.87. The molecule has 114 valence electrons. The van der Waals surface area contributed by atoms with Gasteiger partial charge >= 0.3 is 6.09 Å². The molecule has 0 fully saturated rings. The Morgan fingerprint density at radius 3 is 2.71 bits per heavy atom. The third-order valence-corrected chi connectivity index (χ3v) is 2.95. The van der Waals surface area contributed by atoms with E-state index >= 15 is 0 Å². The van der Waals surface area contributed by atoms with Crippen LogP contribution in [0.2, 0.25) is 0 Å². The van der Waals surface area contributed by atoms with Crippen LogP contribution in [0.3, 0.4) is 0 Å². The van der Waals surface area contributed by atoms with Crippen molar-refractivity contribution in [1.82, 2.24) is 5.32 Å². The largest absolute Gasteiger partial charge is 0.489 e. The lowest BCUT2D eigenvalue weighted by Crippen LogP contribution is -2.50. The lowest BCUT2D eigenvalue weighted by molar-refractivity contribution is -0.120. The van der Waals surface area contributed by atoms with Gasteiger partial charge in [0, 0.05) is 7.05 Å². The van der Waals surface area contributed by atoms with E-state index in [0.29, 0.717) is 11.4 Å². The normalized spacial score (nSPS) is 18.4. The number of carbonyl (C=O) groups is 2. The molecule has 1 aromatic rings. The number of ether oxygens (including phenoxy) is 2. The maximum atomic E-state index is 12.4. The van der Waals surface area contributed by atoms with Gasteiger partial charge in [-0.1, -0.05) is 12.1 Å². The molecule has 0 aliphatic carbocycles.